The molecule has 1 amide bonds. The van der Waals surface area contributed by atoms with Crippen molar-refractivity contribution in [1.29, 1.82) is 0 Å². The number of hydrogen-bond donors (Lipinski definition) is 2. The van der Waals surface area contributed by atoms with E-state index in [1.54, 1.807) is 23.1 Å². The van der Waals surface area contributed by atoms with Crippen molar-refractivity contribution in [2.75, 3.05) is 19.9 Å². The standard InChI is InChI=1S/C37H47N7O12/c1-4-5-15-33(45)41(34(26(2)3)36(46)52-20-8-9-21-54-43(48)49)23-27-16-18-29(19-17-27)31-13-6-7-14-32(31)35(38)40-42(39)25-53-37(47)56-30-12-10-11-28(22-30)24-55-44(50)51/h6-7,10-14,16-19,22,26,34H,4-5,8-9,15,20-21,23-25,39H2,1-3H3,(H2,38,40). The number of nitrogens with two attached hydrogens (primary N) is 2. The van der Waals surface area contributed by atoms with Gasteiger partial charge in [-0.2, -0.15) is 5.12 Å². The minimum absolute atomic E-state index is 0.0129. The molecule has 302 valence electrons. The number of hydrogen-bond acceptors (Lipinski definition) is 15. The quantitative estimate of drug-likeness (QED) is 0.0146. The average Bonchev–Trinajstić information content (AvgIpc) is 3.16. The number of nitrogens with zero attached hydrogens (tertiary/aromatic N) is 5. The summed E-state index contributed by atoms with van der Waals surface area (Å²) in [5.41, 5.74) is 9.49. The maximum atomic E-state index is 13.5. The highest BCUT2D eigenvalue weighted by Crippen LogP contribution is 2.26. The summed E-state index contributed by atoms with van der Waals surface area (Å²) in [5, 5.41) is 23.9. The molecule has 19 heteroatoms. The normalized spacial score (nSPS) is 11.6. The predicted molar refractivity (Wildman–Crippen MR) is 201 cm³/mol. The zero-order chi connectivity index (χ0) is 41.0. The van der Waals surface area contributed by atoms with Crippen LogP contribution in [-0.4, -0.2) is 70.0 Å². The van der Waals surface area contributed by atoms with Gasteiger partial charge in [-0.1, -0.05) is 87.9 Å². The lowest BCUT2D eigenvalue weighted by Crippen LogP contribution is -2.48. The average molecular weight is 782 g/mol. The number of carbonyl (C=O) groups excluding carboxylic acids is 3. The molecule has 0 saturated heterocycles. The zero-order valence-corrected chi connectivity index (χ0v) is 31.4. The molecule has 56 heavy (non-hydrogen) atoms. The Morgan fingerprint density at radius 2 is 1.55 bits per heavy atom. The molecule has 0 aliphatic carbocycles. The van der Waals surface area contributed by atoms with E-state index in [2.05, 4.69) is 14.8 Å². The number of carbonyl (C=O) groups is 3. The largest absolute Gasteiger partial charge is 0.515 e. The highest BCUT2D eigenvalue weighted by atomic mass is 17.0. The van der Waals surface area contributed by atoms with Gasteiger partial charge >= 0.3 is 12.1 Å². The van der Waals surface area contributed by atoms with Gasteiger partial charge in [0.15, 0.2) is 12.6 Å². The number of benzene rings is 3. The monoisotopic (exact) mass is 781 g/mol. The van der Waals surface area contributed by atoms with Crippen LogP contribution in [0.15, 0.2) is 77.9 Å². The third-order valence-corrected chi connectivity index (χ3v) is 8.06. The number of hydrazone groups is 1. The summed E-state index contributed by atoms with van der Waals surface area (Å²) in [7, 11) is 0. The molecule has 1 atom stereocenters. The Hall–Kier alpha value is -6.50. The van der Waals surface area contributed by atoms with Crippen LogP contribution in [0.5, 0.6) is 5.75 Å². The van der Waals surface area contributed by atoms with Crippen molar-refractivity contribution in [1.82, 2.24) is 10.0 Å². The molecule has 0 radical (unpaired) electrons. The molecule has 0 fully saturated rings. The number of ether oxygens (including phenoxy) is 3. The number of esters is 1. The minimum Gasteiger partial charge on any atom is -0.464 e. The van der Waals surface area contributed by atoms with Crippen molar-refractivity contribution in [2.24, 2.45) is 22.6 Å². The summed E-state index contributed by atoms with van der Waals surface area (Å²) >= 11 is 0. The molecule has 4 N–H and O–H groups in total. The second-order valence-electron chi connectivity index (χ2n) is 12.7. The van der Waals surface area contributed by atoms with Gasteiger partial charge < -0.3 is 34.5 Å². The first kappa shape index (κ1) is 43.9. The van der Waals surface area contributed by atoms with Gasteiger partial charge in [-0.3, -0.25) is 4.79 Å². The Balaban J connectivity index is 1.69. The Labute approximate surface area is 323 Å². The van der Waals surface area contributed by atoms with Crippen LogP contribution in [0.3, 0.4) is 0 Å². The van der Waals surface area contributed by atoms with Crippen LogP contribution in [0.1, 0.15) is 69.6 Å². The molecule has 0 saturated carbocycles. The lowest BCUT2D eigenvalue weighted by molar-refractivity contribution is -0.763. The van der Waals surface area contributed by atoms with E-state index in [1.807, 2.05) is 57.2 Å². The van der Waals surface area contributed by atoms with E-state index >= 15 is 0 Å². The first-order valence-corrected chi connectivity index (χ1v) is 17.8. The second-order valence-corrected chi connectivity index (χ2v) is 12.7. The highest BCUT2D eigenvalue weighted by molar-refractivity contribution is 6.03. The van der Waals surface area contributed by atoms with Gasteiger partial charge in [0, 0.05) is 18.5 Å². The fourth-order valence-corrected chi connectivity index (χ4v) is 5.41. The third kappa shape index (κ3) is 14.7. The van der Waals surface area contributed by atoms with E-state index in [1.165, 1.54) is 18.2 Å². The van der Waals surface area contributed by atoms with Crippen LogP contribution in [0.25, 0.3) is 11.1 Å². The van der Waals surface area contributed by atoms with Gasteiger partial charge in [0.25, 0.3) is 10.2 Å². The summed E-state index contributed by atoms with van der Waals surface area (Å²) in [4.78, 5) is 70.0. The Morgan fingerprint density at radius 1 is 0.857 bits per heavy atom. The molecular formula is C37H47N7O12. The van der Waals surface area contributed by atoms with Gasteiger partial charge in [0.2, 0.25) is 5.91 Å². The molecule has 0 aliphatic rings. The topological polar surface area (TPSA) is 255 Å². The van der Waals surface area contributed by atoms with Gasteiger partial charge in [-0.25, -0.2) is 15.4 Å². The fraction of sp³-hybridized carbons (Fsp3) is 0.405. The first-order chi connectivity index (χ1) is 26.8. The zero-order valence-electron chi connectivity index (χ0n) is 31.4. The van der Waals surface area contributed by atoms with Crippen LogP contribution in [0, 0.1) is 26.1 Å². The van der Waals surface area contributed by atoms with Crippen molar-refractivity contribution >= 4 is 23.9 Å². The molecule has 3 aromatic carbocycles. The summed E-state index contributed by atoms with van der Waals surface area (Å²) in [5.74, 6) is 5.02. The maximum absolute atomic E-state index is 13.5. The highest BCUT2D eigenvalue weighted by Gasteiger charge is 2.33. The minimum atomic E-state index is -1.11. The van der Waals surface area contributed by atoms with E-state index in [4.69, 9.17) is 25.8 Å². The van der Waals surface area contributed by atoms with Crippen molar-refractivity contribution in [3.63, 3.8) is 0 Å². The van der Waals surface area contributed by atoms with Gasteiger partial charge in [0.1, 0.15) is 18.4 Å². The van der Waals surface area contributed by atoms with Crippen molar-refractivity contribution in [3.05, 3.63) is 110 Å². The molecular weight excluding hydrogens is 734 g/mol. The molecule has 19 nitrogen and oxygen atoms in total. The van der Waals surface area contributed by atoms with Crippen molar-refractivity contribution in [2.45, 2.75) is 72.1 Å². The van der Waals surface area contributed by atoms with E-state index in [0.29, 0.717) is 36.0 Å². The lowest BCUT2D eigenvalue weighted by atomic mass is 9.97. The number of amidine groups is 1. The number of unbranched alkanes of at least 4 members (excludes halogenated alkanes) is 2. The third-order valence-electron chi connectivity index (χ3n) is 8.06. The van der Waals surface area contributed by atoms with Crippen LogP contribution < -0.4 is 16.3 Å². The van der Waals surface area contributed by atoms with E-state index in [0.717, 1.165) is 22.7 Å². The van der Waals surface area contributed by atoms with Crippen LogP contribution in [-0.2, 0) is 41.9 Å². The van der Waals surface area contributed by atoms with Crippen LogP contribution in [0.4, 0.5) is 4.79 Å². The Morgan fingerprint density at radius 3 is 2.23 bits per heavy atom. The molecule has 0 spiro atoms. The smallest absolute Gasteiger partial charge is 0.464 e. The number of amides is 1. The van der Waals surface area contributed by atoms with Crippen molar-refractivity contribution in [3.8, 4) is 16.9 Å². The Bertz CT molecular complexity index is 1810. The van der Waals surface area contributed by atoms with E-state index < -0.39 is 35.1 Å². The molecule has 1 unspecified atom stereocenters. The second kappa shape index (κ2) is 22.7. The molecule has 0 aliphatic heterocycles. The van der Waals surface area contributed by atoms with Gasteiger partial charge in [-0.05, 0) is 59.6 Å². The fourth-order valence-electron chi connectivity index (χ4n) is 5.41. The maximum Gasteiger partial charge on any atom is 0.515 e. The van der Waals surface area contributed by atoms with Crippen LogP contribution in [0.2, 0.25) is 0 Å². The summed E-state index contributed by atoms with van der Waals surface area (Å²) in [6.07, 6.45) is 1.29. The number of hydrazine groups is 1. The molecule has 3 aromatic rings. The molecule has 0 heterocycles. The van der Waals surface area contributed by atoms with Crippen molar-refractivity contribution < 1.29 is 48.4 Å². The Kier molecular flexibility index (Phi) is 17.8. The van der Waals surface area contributed by atoms with Crippen LogP contribution >= 0.6 is 0 Å². The molecule has 0 bridgehead atoms. The molecule has 3 rings (SSSR count). The first-order valence-electron chi connectivity index (χ1n) is 17.8. The summed E-state index contributed by atoms with van der Waals surface area (Å²) in [6, 6.07) is 19.6. The SMILES string of the molecule is CCCCC(=O)N(Cc1ccc(-c2ccccc2/C(N)=N/N(N)COC(=O)Oc2cccc(CO[N+](=O)[O-])c2)cc1)C(C(=O)OCCCCO[N+](=O)[O-])C(C)C. The summed E-state index contributed by atoms with van der Waals surface area (Å²) < 4.78 is 15.6. The van der Waals surface area contributed by atoms with Gasteiger partial charge in [0.05, 0.1) is 13.2 Å². The summed E-state index contributed by atoms with van der Waals surface area (Å²) in [6.45, 7) is 4.87. The number of rotatable bonds is 23. The van der Waals surface area contributed by atoms with E-state index in [9.17, 15) is 34.6 Å². The van der Waals surface area contributed by atoms with Gasteiger partial charge in [-0.15, -0.1) is 25.3 Å². The van der Waals surface area contributed by atoms with E-state index in [-0.39, 0.29) is 56.2 Å². The molecule has 0 aromatic heterocycles. The predicted octanol–water partition coefficient (Wildman–Crippen LogP) is 5.11. The lowest BCUT2D eigenvalue weighted by Gasteiger charge is -2.33.